The first-order chi connectivity index (χ1) is 26.9. The van der Waals surface area contributed by atoms with Gasteiger partial charge in [-0.2, -0.15) is 10.2 Å². The molecule has 2 fully saturated rings. The molecule has 0 radical (unpaired) electrons. The number of carbonyl (C=O) groups is 3. The van der Waals surface area contributed by atoms with Crippen molar-refractivity contribution in [3.8, 4) is 22.5 Å². The Hall–Kier alpha value is -6.27. The van der Waals surface area contributed by atoms with Gasteiger partial charge in [0, 0.05) is 104 Å². The number of nitro groups is 1. The molecule has 0 aliphatic carbocycles. The minimum atomic E-state index is -0.537. The normalized spacial score (nSPS) is 20.7. The molecule has 0 aromatic carbocycles. The Morgan fingerprint density at radius 2 is 1.30 bits per heavy atom. The van der Waals surface area contributed by atoms with Crippen LogP contribution in [0.3, 0.4) is 0 Å². The summed E-state index contributed by atoms with van der Waals surface area (Å²) in [6.07, 6.45) is 7.88. The number of likely N-dealkylation sites (tertiary alicyclic amines) is 2. The Labute approximate surface area is 322 Å². The summed E-state index contributed by atoms with van der Waals surface area (Å²) in [4.78, 5) is 58.8. The molecule has 8 rings (SSSR count). The number of amides is 4. The number of aryl methyl sites for hydroxylation is 2. The zero-order valence-corrected chi connectivity index (χ0v) is 31.8. The van der Waals surface area contributed by atoms with Gasteiger partial charge in [0.25, 0.3) is 0 Å². The van der Waals surface area contributed by atoms with Crippen LogP contribution in [-0.2, 0) is 28.7 Å². The van der Waals surface area contributed by atoms with Crippen molar-refractivity contribution in [1.82, 2.24) is 50.0 Å². The van der Waals surface area contributed by atoms with E-state index in [1.807, 2.05) is 45.1 Å². The summed E-state index contributed by atoms with van der Waals surface area (Å²) < 4.78 is 8.75. The lowest BCUT2D eigenvalue weighted by molar-refractivity contribution is -0.384. The second-order valence-electron chi connectivity index (χ2n) is 14.7. The van der Waals surface area contributed by atoms with Crippen LogP contribution in [0.4, 0.5) is 26.9 Å². The molecule has 8 heterocycles. The number of pyridine rings is 2. The molecule has 4 aromatic rings. The van der Waals surface area contributed by atoms with Gasteiger partial charge in [-0.15, -0.1) is 0 Å². The zero-order valence-electron chi connectivity index (χ0n) is 31.8. The SMILES string of the molecule is CCNC(=O)N1CC[C@@]2(CCn3nc(-c4cnc(N)c(C(=O)OC)c4)cc32)C1.CCNC(=O)N1CC[C@]2(CCCn3nc(-c4cnc(N)c([N+](=O)[O-])c4)cc32)C1. The molecule has 0 unspecified atom stereocenters. The molecule has 0 bridgehead atoms. The number of nitrogen functional groups attached to an aromatic ring is 2. The van der Waals surface area contributed by atoms with Gasteiger partial charge >= 0.3 is 23.7 Å². The molecule has 4 aromatic heterocycles. The number of nitrogens with one attached hydrogen (secondary N) is 2. The summed E-state index contributed by atoms with van der Waals surface area (Å²) in [7, 11) is 1.31. The number of nitrogens with zero attached hydrogens (tertiary/aromatic N) is 9. The van der Waals surface area contributed by atoms with E-state index in [4.69, 9.17) is 21.3 Å². The molecule has 2 spiro atoms. The molecular weight excluding hydrogens is 722 g/mol. The molecule has 19 heteroatoms. The van der Waals surface area contributed by atoms with Crippen molar-refractivity contribution in [2.45, 2.75) is 69.9 Å². The quantitative estimate of drug-likeness (QED) is 0.125. The van der Waals surface area contributed by atoms with Gasteiger partial charge in [0.05, 0.1) is 23.4 Å². The topological polar surface area (TPSA) is 248 Å². The summed E-state index contributed by atoms with van der Waals surface area (Å²) in [5.74, 6) is -0.502. The third-order valence-electron chi connectivity index (χ3n) is 11.4. The van der Waals surface area contributed by atoms with Crippen LogP contribution in [-0.4, -0.2) is 109 Å². The van der Waals surface area contributed by atoms with Crippen LogP contribution in [0.15, 0.2) is 36.7 Å². The first kappa shape index (κ1) is 38.0. The molecule has 56 heavy (non-hydrogen) atoms. The molecule has 2 atom stereocenters. The summed E-state index contributed by atoms with van der Waals surface area (Å²) in [6, 6.07) is 7.06. The minimum absolute atomic E-state index is 0.0111. The van der Waals surface area contributed by atoms with Gasteiger partial charge in [-0.1, -0.05) is 0 Å². The maximum atomic E-state index is 12.3. The van der Waals surface area contributed by atoms with Crippen molar-refractivity contribution in [3.05, 3.63) is 63.7 Å². The van der Waals surface area contributed by atoms with Crippen molar-refractivity contribution in [1.29, 1.82) is 0 Å². The van der Waals surface area contributed by atoms with Gasteiger partial charge in [0.15, 0.2) is 0 Å². The van der Waals surface area contributed by atoms with E-state index in [1.54, 1.807) is 12.3 Å². The van der Waals surface area contributed by atoms with Crippen molar-refractivity contribution >= 4 is 35.4 Å². The number of hydrogen-bond acceptors (Lipinski definition) is 12. The lowest BCUT2D eigenvalue weighted by Crippen LogP contribution is -2.42. The molecular formula is C37H47N13O6. The Balaban J connectivity index is 0.000000172. The van der Waals surface area contributed by atoms with Gasteiger partial charge in [-0.05, 0) is 64.2 Å². The Kier molecular flexibility index (Phi) is 10.3. The molecule has 4 amide bonds. The number of esters is 1. The van der Waals surface area contributed by atoms with E-state index in [0.29, 0.717) is 49.5 Å². The van der Waals surface area contributed by atoms with Crippen molar-refractivity contribution < 1.29 is 24.0 Å². The molecule has 296 valence electrons. The van der Waals surface area contributed by atoms with Gasteiger partial charge in [0.2, 0.25) is 5.82 Å². The number of fused-ring (bicyclic) bond motifs is 4. The van der Waals surface area contributed by atoms with E-state index >= 15 is 0 Å². The summed E-state index contributed by atoms with van der Waals surface area (Å²) in [6.45, 7) is 9.46. The molecule has 2 saturated heterocycles. The van der Waals surface area contributed by atoms with Crippen LogP contribution < -0.4 is 22.1 Å². The number of nitrogens with two attached hydrogens (primary N) is 2. The van der Waals surface area contributed by atoms with E-state index in [0.717, 1.165) is 68.8 Å². The lowest BCUT2D eigenvalue weighted by Gasteiger charge is -2.34. The van der Waals surface area contributed by atoms with E-state index < -0.39 is 10.9 Å². The molecule has 4 aliphatic rings. The number of ether oxygens (including phenoxy) is 1. The molecule has 0 saturated carbocycles. The monoisotopic (exact) mass is 769 g/mol. The standard InChI is InChI=1S/C19H24N6O3.C18H23N7O3/c1-3-21-18(27)24-6-4-19(11-24)5-7-25-15(19)9-14(23-25)12-8-13(17(26)28-2)16(20)22-10-12;1-2-20-17(26)23-7-5-18(11-23)4-3-6-24-15(18)9-13(22-24)12-8-14(25(27)28)16(19)21-10-12/h8-10H,3-7,11H2,1-2H3,(H2,20,22)(H,21,27);8-10H,2-7,11H2,1H3,(H2,19,21)(H,20,26)/t19-;18-/m11/s1. The fourth-order valence-corrected chi connectivity index (χ4v) is 8.54. The van der Waals surface area contributed by atoms with E-state index in [1.165, 1.54) is 19.4 Å². The molecule has 4 aliphatic heterocycles. The minimum Gasteiger partial charge on any atom is -0.465 e. The van der Waals surface area contributed by atoms with E-state index in [2.05, 4.69) is 25.7 Å². The third kappa shape index (κ3) is 6.92. The van der Waals surface area contributed by atoms with E-state index in [-0.39, 0.29) is 45.8 Å². The van der Waals surface area contributed by atoms with Crippen LogP contribution in [0.25, 0.3) is 22.5 Å². The number of aromatic nitrogens is 6. The number of rotatable bonds is 6. The van der Waals surface area contributed by atoms with Crippen molar-refractivity contribution in [3.63, 3.8) is 0 Å². The van der Waals surface area contributed by atoms with E-state index in [9.17, 15) is 24.5 Å². The number of hydrogen-bond donors (Lipinski definition) is 4. The predicted molar refractivity (Wildman–Crippen MR) is 205 cm³/mol. The van der Waals surface area contributed by atoms with Crippen LogP contribution in [0.2, 0.25) is 0 Å². The Bertz CT molecular complexity index is 2180. The van der Waals surface area contributed by atoms with Gasteiger partial charge in [0.1, 0.15) is 11.4 Å². The average molecular weight is 770 g/mol. The maximum Gasteiger partial charge on any atom is 0.341 e. The summed E-state index contributed by atoms with van der Waals surface area (Å²) in [5.41, 5.74) is 16.1. The largest absolute Gasteiger partial charge is 0.465 e. The second kappa shape index (κ2) is 15.1. The number of methoxy groups -OCH3 is 1. The Morgan fingerprint density at radius 3 is 1.86 bits per heavy atom. The Morgan fingerprint density at radius 1 is 0.786 bits per heavy atom. The van der Waals surface area contributed by atoms with Crippen molar-refractivity contribution in [2.24, 2.45) is 0 Å². The summed E-state index contributed by atoms with van der Waals surface area (Å²) >= 11 is 0. The van der Waals surface area contributed by atoms with Crippen LogP contribution in [0.5, 0.6) is 0 Å². The highest BCUT2D eigenvalue weighted by molar-refractivity contribution is 5.95. The number of carbonyl (C=O) groups excluding carboxylic acids is 3. The number of anilines is 2. The van der Waals surface area contributed by atoms with Gasteiger partial charge < -0.3 is 36.6 Å². The first-order valence-corrected chi connectivity index (χ1v) is 18.9. The third-order valence-corrected chi connectivity index (χ3v) is 11.4. The lowest BCUT2D eigenvalue weighted by atomic mass is 9.77. The highest BCUT2D eigenvalue weighted by atomic mass is 16.6. The van der Waals surface area contributed by atoms with Crippen LogP contribution in [0, 0.1) is 10.1 Å². The van der Waals surface area contributed by atoms with Crippen LogP contribution >= 0.6 is 0 Å². The second-order valence-corrected chi connectivity index (χ2v) is 14.7. The van der Waals surface area contributed by atoms with Crippen LogP contribution in [0.1, 0.15) is 67.7 Å². The van der Waals surface area contributed by atoms with Gasteiger partial charge in [-0.3, -0.25) is 19.5 Å². The zero-order chi connectivity index (χ0) is 39.8. The predicted octanol–water partition coefficient (Wildman–Crippen LogP) is 3.29. The average Bonchev–Trinajstić information content (AvgIpc) is 4.03. The fraction of sp³-hybridized carbons (Fsp3) is 0.486. The highest BCUT2D eigenvalue weighted by Gasteiger charge is 2.47. The number of urea groups is 2. The highest BCUT2D eigenvalue weighted by Crippen LogP contribution is 2.45. The summed E-state index contributed by atoms with van der Waals surface area (Å²) in [5, 5.41) is 26.3. The smallest absolute Gasteiger partial charge is 0.341 e. The first-order valence-electron chi connectivity index (χ1n) is 18.9. The fourth-order valence-electron chi connectivity index (χ4n) is 8.54. The van der Waals surface area contributed by atoms with Crippen molar-refractivity contribution in [2.75, 3.05) is 57.8 Å². The molecule has 6 N–H and O–H groups in total. The van der Waals surface area contributed by atoms with Gasteiger partial charge in [-0.25, -0.2) is 24.4 Å². The maximum absolute atomic E-state index is 12.3. The molecule has 19 nitrogen and oxygen atoms in total.